The van der Waals surface area contributed by atoms with E-state index in [1.807, 2.05) is 0 Å². The Hall–Kier alpha value is -1.55. The Labute approximate surface area is 110 Å². The number of amides is 1. The van der Waals surface area contributed by atoms with E-state index in [0.29, 0.717) is 30.2 Å². The van der Waals surface area contributed by atoms with Gasteiger partial charge in [-0.3, -0.25) is 9.69 Å². The zero-order chi connectivity index (χ0) is 13.1. The molecule has 0 saturated carbocycles. The lowest BCUT2D eigenvalue weighted by Gasteiger charge is -2.24. The molecule has 2 rings (SSSR count). The predicted molar refractivity (Wildman–Crippen MR) is 68.6 cm³/mol. The predicted octanol–water partition coefficient (Wildman–Crippen LogP) is 2.40. The van der Waals surface area contributed by atoms with Crippen molar-refractivity contribution in [1.29, 1.82) is 0 Å². The van der Waals surface area contributed by atoms with Gasteiger partial charge in [0.05, 0.1) is 17.3 Å². The Bertz CT molecular complexity index is 475. The molecule has 1 aromatic rings. The van der Waals surface area contributed by atoms with E-state index in [1.54, 1.807) is 31.2 Å². The molecule has 1 amide bonds. The van der Waals surface area contributed by atoms with Crippen LogP contribution in [-0.4, -0.2) is 24.5 Å². The number of para-hydroxylation sites is 1. The average molecular weight is 268 g/mol. The second kappa shape index (κ2) is 5.40. The Kier molecular flexibility index (Phi) is 3.87. The summed E-state index contributed by atoms with van der Waals surface area (Å²) in [5, 5.41) is 0.460. The molecule has 5 heteroatoms. The lowest BCUT2D eigenvalue weighted by molar-refractivity contribution is -0.144. The Morgan fingerprint density at radius 2 is 2.22 bits per heavy atom. The van der Waals surface area contributed by atoms with E-state index in [0.717, 1.165) is 0 Å². The number of carbonyl (C=O) groups excluding carboxylic acids is 2. The molecule has 1 heterocycles. The van der Waals surface area contributed by atoms with Crippen molar-refractivity contribution in [1.82, 2.24) is 0 Å². The van der Waals surface area contributed by atoms with Crippen molar-refractivity contribution in [3.05, 3.63) is 29.3 Å². The number of rotatable bonds is 3. The average Bonchev–Trinajstić information content (AvgIpc) is 2.72. The van der Waals surface area contributed by atoms with Crippen LogP contribution in [0.5, 0.6) is 0 Å². The van der Waals surface area contributed by atoms with E-state index >= 15 is 0 Å². The van der Waals surface area contributed by atoms with Gasteiger partial charge in [-0.15, -0.1) is 0 Å². The fourth-order valence-electron chi connectivity index (χ4n) is 2.09. The van der Waals surface area contributed by atoms with Crippen LogP contribution < -0.4 is 4.90 Å². The van der Waals surface area contributed by atoms with Crippen molar-refractivity contribution in [2.24, 2.45) is 0 Å². The van der Waals surface area contributed by atoms with Gasteiger partial charge in [0.25, 0.3) is 0 Å². The van der Waals surface area contributed by atoms with E-state index in [1.165, 1.54) is 4.90 Å². The van der Waals surface area contributed by atoms with Crippen molar-refractivity contribution in [3.63, 3.8) is 0 Å². The summed E-state index contributed by atoms with van der Waals surface area (Å²) in [4.78, 5) is 25.2. The Morgan fingerprint density at radius 1 is 1.50 bits per heavy atom. The fraction of sp³-hybridized carbons (Fsp3) is 0.385. The van der Waals surface area contributed by atoms with Gasteiger partial charge < -0.3 is 4.74 Å². The number of anilines is 1. The van der Waals surface area contributed by atoms with Crippen LogP contribution >= 0.6 is 11.6 Å². The number of benzene rings is 1. The lowest BCUT2D eigenvalue weighted by Crippen LogP contribution is -2.39. The van der Waals surface area contributed by atoms with E-state index in [9.17, 15) is 9.59 Å². The molecule has 1 atom stereocenters. The number of hydrogen-bond acceptors (Lipinski definition) is 3. The molecule has 1 fully saturated rings. The first-order valence-corrected chi connectivity index (χ1v) is 6.26. The first-order chi connectivity index (χ1) is 8.65. The molecule has 1 unspecified atom stereocenters. The van der Waals surface area contributed by atoms with Gasteiger partial charge in [0.2, 0.25) is 5.91 Å². The summed E-state index contributed by atoms with van der Waals surface area (Å²) in [6.07, 6.45) is 0.817. The fourth-order valence-corrected chi connectivity index (χ4v) is 2.32. The standard InChI is InChI=1S/C13H14ClNO3/c1-2-18-13(17)11-7-8-12(16)15(11)10-6-4-3-5-9(10)14/h3-6,11H,2,7-8H2,1H3. The van der Waals surface area contributed by atoms with Gasteiger partial charge in [0.15, 0.2) is 0 Å². The minimum atomic E-state index is -0.558. The number of halogens is 1. The molecule has 4 nitrogen and oxygen atoms in total. The normalized spacial score (nSPS) is 19.1. The second-order valence-corrected chi connectivity index (χ2v) is 4.43. The summed E-state index contributed by atoms with van der Waals surface area (Å²) in [6.45, 7) is 2.05. The third kappa shape index (κ3) is 2.34. The third-order valence-corrected chi connectivity index (χ3v) is 3.20. The maximum atomic E-state index is 11.9. The van der Waals surface area contributed by atoms with Gasteiger partial charge >= 0.3 is 5.97 Å². The molecule has 0 N–H and O–H groups in total. The zero-order valence-electron chi connectivity index (χ0n) is 10.1. The van der Waals surface area contributed by atoms with Gasteiger partial charge in [-0.25, -0.2) is 4.79 Å². The topological polar surface area (TPSA) is 46.6 Å². The van der Waals surface area contributed by atoms with E-state index < -0.39 is 6.04 Å². The summed E-state index contributed by atoms with van der Waals surface area (Å²) < 4.78 is 4.99. The highest BCUT2D eigenvalue weighted by Gasteiger charge is 2.38. The van der Waals surface area contributed by atoms with Crippen LogP contribution in [0.25, 0.3) is 0 Å². The first kappa shape index (κ1) is 12.9. The van der Waals surface area contributed by atoms with Gasteiger partial charge in [0, 0.05) is 6.42 Å². The summed E-state index contributed by atoms with van der Waals surface area (Å²) in [5.74, 6) is -0.468. The van der Waals surface area contributed by atoms with Crippen molar-refractivity contribution in [2.75, 3.05) is 11.5 Å². The van der Waals surface area contributed by atoms with Crippen LogP contribution in [0.15, 0.2) is 24.3 Å². The van der Waals surface area contributed by atoms with Crippen LogP contribution in [0.2, 0.25) is 5.02 Å². The SMILES string of the molecule is CCOC(=O)C1CCC(=O)N1c1ccccc1Cl. The minimum absolute atomic E-state index is 0.0962. The quantitative estimate of drug-likeness (QED) is 0.790. The molecular formula is C13H14ClNO3. The maximum Gasteiger partial charge on any atom is 0.329 e. The smallest absolute Gasteiger partial charge is 0.329 e. The van der Waals surface area contributed by atoms with Gasteiger partial charge in [-0.1, -0.05) is 23.7 Å². The van der Waals surface area contributed by atoms with Gasteiger partial charge in [-0.05, 0) is 25.5 Å². The van der Waals surface area contributed by atoms with Gasteiger partial charge in [0.1, 0.15) is 6.04 Å². The van der Waals surface area contributed by atoms with Crippen molar-refractivity contribution >= 4 is 29.2 Å². The highest BCUT2D eigenvalue weighted by molar-refractivity contribution is 6.34. The van der Waals surface area contributed by atoms with Gasteiger partial charge in [-0.2, -0.15) is 0 Å². The Morgan fingerprint density at radius 3 is 2.89 bits per heavy atom. The summed E-state index contributed by atoms with van der Waals surface area (Å²) in [6, 6.07) is 6.45. The van der Waals surface area contributed by atoms with Crippen molar-refractivity contribution < 1.29 is 14.3 Å². The molecule has 0 spiro atoms. The number of nitrogens with zero attached hydrogens (tertiary/aromatic N) is 1. The molecule has 1 aliphatic rings. The highest BCUT2D eigenvalue weighted by atomic mass is 35.5. The molecule has 1 aromatic carbocycles. The molecule has 0 bridgehead atoms. The largest absolute Gasteiger partial charge is 0.464 e. The summed E-state index contributed by atoms with van der Waals surface area (Å²) in [5.41, 5.74) is 0.569. The first-order valence-electron chi connectivity index (χ1n) is 5.88. The van der Waals surface area contributed by atoms with Crippen molar-refractivity contribution in [3.8, 4) is 0 Å². The maximum absolute atomic E-state index is 11.9. The highest BCUT2D eigenvalue weighted by Crippen LogP contribution is 2.32. The zero-order valence-corrected chi connectivity index (χ0v) is 10.8. The molecule has 1 aliphatic heterocycles. The molecule has 1 saturated heterocycles. The molecular weight excluding hydrogens is 254 g/mol. The van der Waals surface area contributed by atoms with Crippen LogP contribution in [0.3, 0.4) is 0 Å². The number of ether oxygens (including phenoxy) is 1. The van der Waals surface area contributed by atoms with E-state index in [2.05, 4.69) is 0 Å². The number of esters is 1. The number of hydrogen-bond donors (Lipinski definition) is 0. The van der Waals surface area contributed by atoms with Crippen molar-refractivity contribution in [2.45, 2.75) is 25.8 Å². The van der Waals surface area contributed by atoms with Crippen LogP contribution in [-0.2, 0) is 14.3 Å². The van der Waals surface area contributed by atoms with Crippen LogP contribution in [0.1, 0.15) is 19.8 Å². The summed E-state index contributed by atoms with van der Waals surface area (Å²) >= 11 is 6.07. The number of carbonyl (C=O) groups is 2. The third-order valence-electron chi connectivity index (χ3n) is 2.88. The van der Waals surface area contributed by atoms with Crippen LogP contribution in [0, 0.1) is 0 Å². The monoisotopic (exact) mass is 267 g/mol. The molecule has 18 heavy (non-hydrogen) atoms. The molecule has 0 aliphatic carbocycles. The molecule has 0 radical (unpaired) electrons. The summed E-state index contributed by atoms with van der Waals surface area (Å²) in [7, 11) is 0. The lowest BCUT2D eigenvalue weighted by atomic mass is 10.2. The molecule has 96 valence electrons. The Balaban J connectivity index is 2.31. The molecule has 0 aromatic heterocycles. The minimum Gasteiger partial charge on any atom is -0.464 e. The van der Waals surface area contributed by atoms with E-state index in [4.69, 9.17) is 16.3 Å². The van der Waals surface area contributed by atoms with Crippen LogP contribution in [0.4, 0.5) is 5.69 Å². The second-order valence-electron chi connectivity index (χ2n) is 4.02. The van der Waals surface area contributed by atoms with E-state index in [-0.39, 0.29) is 11.9 Å².